The van der Waals surface area contributed by atoms with Crippen molar-refractivity contribution >= 4 is 11.7 Å². The van der Waals surface area contributed by atoms with Crippen LogP contribution in [0.5, 0.6) is 0 Å². The smallest absolute Gasteiger partial charge is 0.179 e. The molecule has 0 aromatic heterocycles. The van der Waals surface area contributed by atoms with Gasteiger partial charge in [0.2, 0.25) is 0 Å². The van der Waals surface area contributed by atoms with Gasteiger partial charge in [0.1, 0.15) is 5.84 Å². The van der Waals surface area contributed by atoms with E-state index in [0.29, 0.717) is 12.3 Å². The number of nitrogens with two attached hydrogens (primary N) is 1. The molecular weight excluding hydrogens is 154 g/mol. The van der Waals surface area contributed by atoms with Gasteiger partial charge in [-0.25, -0.2) is 4.99 Å². The summed E-state index contributed by atoms with van der Waals surface area (Å²) in [6.07, 6.45) is 3.83. The van der Waals surface area contributed by atoms with E-state index in [0.717, 1.165) is 11.1 Å². The topological polar surface area (TPSA) is 87.0 Å². The van der Waals surface area contributed by atoms with Gasteiger partial charge >= 0.3 is 0 Å². The third kappa shape index (κ3) is 0.952. The highest BCUT2D eigenvalue weighted by atomic mass is 15.2. The average Bonchev–Trinajstić information content (AvgIpc) is 2.49. The van der Waals surface area contributed by atoms with Crippen molar-refractivity contribution in [2.24, 2.45) is 21.0 Å². The molecule has 0 atom stereocenters. The van der Waals surface area contributed by atoms with Gasteiger partial charge in [0.25, 0.3) is 0 Å². The molecule has 0 unspecified atom stereocenters. The molecule has 5 nitrogen and oxygen atoms in total. The lowest BCUT2D eigenvalue weighted by Gasteiger charge is -2.08. The van der Waals surface area contributed by atoms with Crippen LogP contribution in [0, 0.1) is 5.41 Å². The Morgan fingerprint density at radius 1 is 1.50 bits per heavy atom. The Balaban J connectivity index is 2.33. The van der Waals surface area contributed by atoms with E-state index < -0.39 is 0 Å². The highest BCUT2D eigenvalue weighted by Crippen LogP contribution is 2.22. The molecule has 2 aliphatic rings. The van der Waals surface area contributed by atoms with E-state index in [1.54, 1.807) is 12.4 Å². The molecule has 0 amide bonds. The molecule has 0 saturated heterocycles. The monoisotopic (exact) mass is 161 g/mol. The van der Waals surface area contributed by atoms with Crippen molar-refractivity contribution in [2.75, 3.05) is 0 Å². The van der Waals surface area contributed by atoms with Crippen LogP contribution in [0.1, 0.15) is 6.42 Å². The summed E-state index contributed by atoms with van der Waals surface area (Å²) >= 11 is 0. The quantitative estimate of drug-likeness (QED) is 0.435. The van der Waals surface area contributed by atoms with E-state index in [1.807, 2.05) is 0 Å². The molecule has 60 valence electrons. The first-order valence-electron chi connectivity index (χ1n) is 3.49. The van der Waals surface area contributed by atoms with Gasteiger partial charge in [-0.15, -0.1) is 5.11 Å². The number of amidine groups is 2. The predicted molar refractivity (Wildman–Crippen MR) is 45.0 cm³/mol. The van der Waals surface area contributed by atoms with Gasteiger partial charge in [-0.1, -0.05) is 0 Å². The van der Waals surface area contributed by atoms with Crippen molar-refractivity contribution in [3.63, 3.8) is 0 Å². The first kappa shape index (κ1) is 6.90. The molecule has 0 saturated carbocycles. The summed E-state index contributed by atoms with van der Waals surface area (Å²) in [5.74, 6) is 0.700. The summed E-state index contributed by atoms with van der Waals surface area (Å²) in [5, 5.41) is 14.7. The first-order chi connectivity index (χ1) is 5.77. The second-order valence-corrected chi connectivity index (χ2v) is 2.57. The van der Waals surface area contributed by atoms with Gasteiger partial charge in [-0.05, 0) is 0 Å². The van der Waals surface area contributed by atoms with Crippen LogP contribution in [-0.4, -0.2) is 11.7 Å². The lowest BCUT2D eigenvalue weighted by atomic mass is 10.0. The largest absolute Gasteiger partial charge is 0.384 e. The highest BCUT2D eigenvalue weighted by Gasteiger charge is 2.17. The molecule has 3 N–H and O–H groups in total. The van der Waals surface area contributed by atoms with Crippen molar-refractivity contribution in [2.45, 2.75) is 6.42 Å². The maximum absolute atomic E-state index is 7.19. The summed E-state index contributed by atoms with van der Waals surface area (Å²) in [7, 11) is 0. The van der Waals surface area contributed by atoms with Crippen molar-refractivity contribution in [3.8, 4) is 0 Å². The van der Waals surface area contributed by atoms with E-state index in [4.69, 9.17) is 11.1 Å². The van der Waals surface area contributed by atoms with Crippen LogP contribution >= 0.6 is 0 Å². The zero-order valence-electron chi connectivity index (χ0n) is 6.28. The number of hydrogen-bond donors (Lipinski definition) is 2. The SMILES string of the molecule is N=C(N)C1=CN=C2N=NC=C2C1. The average molecular weight is 161 g/mol. The molecule has 0 aromatic carbocycles. The molecular formula is C7H7N5. The van der Waals surface area contributed by atoms with E-state index >= 15 is 0 Å². The Morgan fingerprint density at radius 3 is 3.08 bits per heavy atom. The van der Waals surface area contributed by atoms with Crippen LogP contribution in [0.2, 0.25) is 0 Å². The minimum atomic E-state index is 0.0607. The minimum absolute atomic E-state index is 0.0607. The second-order valence-electron chi connectivity index (χ2n) is 2.57. The second kappa shape index (κ2) is 2.37. The van der Waals surface area contributed by atoms with Gasteiger partial charge in [-0.2, -0.15) is 5.11 Å². The number of azo groups is 1. The number of rotatable bonds is 1. The molecule has 2 rings (SSSR count). The number of fused-ring (bicyclic) bond motifs is 1. The van der Waals surface area contributed by atoms with Crippen LogP contribution < -0.4 is 5.73 Å². The summed E-state index contributed by atoms with van der Waals surface area (Å²) in [5.41, 5.74) is 6.96. The van der Waals surface area contributed by atoms with Crippen molar-refractivity contribution in [3.05, 3.63) is 23.5 Å². The number of nitrogens with one attached hydrogen (secondary N) is 1. The van der Waals surface area contributed by atoms with E-state index in [-0.39, 0.29) is 5.84 Å². The molecule has 0 aliphatic carbocycles. The van der Waals surface area contributed by atoms with Crippen molar-refractivity contribution in [1.29, 1.82) is 5.41 Å². The van der Waals surface area contributed by atoms with Crippen LogP contribution in [0.3, 0.4) is 0 Å². The van der Waals surface area contributed by atoms with E-state index in [9.17, 15) is 0 Å². The highest BCUT2D eigenvalue weighted by molar-refractivity contribution is 6.05. The van der Waals surface area contributed by atoms with Gasteiger partial charge in [0, 0.05) is 23.8 Å². The van der Waals surface area contributed by atoms with E-state index in [2.05, 4.69) is 15.2 Å². The molecule has 0 radical (unpaired) electrons. The number of nitrogens with zero attached hydrogens (tertiary/aromatic N) is 3. The fraction of sp³-hybridized carbons (Fsp3) is 0.143. The summed E-state index contributed by atoms with van der Waals surface area (Å²) < 4.78 is 0. The maximum Gasteiger partial charge on any atom is 0.179 e. The molecule has 0 fully saturated rings. The Kier molecular flexibility index (Phi) is 1.36. The summed E-state index contributed by atoms with van der Waals surface area (Å²) in [6.45, 7) is 0. The third-order valence-electron chi connectivity index (χ3n) is 1.72. The maximum atomic E-state index is 7.19. The molecule has 12 heavy (non-hydrogen) atoms. The van der Waals surface area contributed by atoms with Crippen LogP contribution in [0.25, 0.3) is 0 Å². The zero-order chi connectivity index (χ0) is 8.55. The predicted octanol–water partition coefficient (Wildman–Crippen LogP) is 0.958. The van der Waals surface area contributed by atoms with Gasteiger partial charge in [0.05, 0.1) is 6.20 Å². The van der Waals surface area contributed by atoms with Crippen molar-refractivity contribution in [1.82, 2.24) is 0 Å². The summed E-state index contributed by atoms with van der Waals surface area (Å²) in [4.78, 5) is 4.00. The first-order valence-corrected chi connectivity index (χ1v) is 3.49. The Morgan fingerprint density at radius 2 is 2.33 bits per heavy atom. The van der Waals surface area contributed by atoms with Gasteiger partial charge in [0.15, 0.2) is 5.84 Å². The fourth-order valence-electron chi connectivity index (χ4n) is 1.06. The number of hydrogen-bond acceptors (Lipinski definition) is 4. The van der Waals surface area contributed by atoms with E-state index in [1.165, 1.54) is 0 Å². The Bertz CT molecular complexity index is 358. The molecule has 2 heterocycles. The fourth-order valence-corrected chi connectivity index (χ4v) is 1.06. The van der Waals surface area contributed by atoms with Gasteiger partial charge < -0.3 is 5.73 Å². The Labute approximate surface area is 68.9 Å². The van der Waals surface area contributed by atoms with Crippen LogP contribution in [0.15, 0.2) is 38.8 Å². The van der Waals surface area contributed by atoms with Crippen LogP contribution in [0.4, 0.5) is 0 Å². The standard InChI is InChI=1S/C7H7N5/c8-6(9)4-1-5-3-11-12-7(5)10-2-4/h2-3H,1H2,(H3,8,9). The molecule has 0 aromatic rings. The molecule has 2 aliphatic heterocycles. The number of aliphatic imine (C=N–C) groups is 1. The van der Waals surface area contributed by atoms with Crippen molar-refractivity contribution < 1.29 is 0 Å². The summed E-state index contributed by atoms with van der Waals surface area (Å²) in [6, 6.07) is 0. The lowest BCUT2D eigenvalue weighted by Crippen LogP contribution is -2.16. The Hall–Kier alpha value is -1.78. The normalized spacial score (nSPS) is 19.5. The molecule has 5 heteroatoms. The third-order valence-corrected chi connectivity index (χ3v) is 1.72. The zero-order valence-corrected chi connectivity index (χ0v) is 6.28. The van der Waals surface area contributed by atoms with Gasteiger partial charge in [-0.3, -0.25) is 5.41 Å². The minimum Gasteiger partial charge on any atom is -0.384 e. The lowest BCUT2D eigenvalue weighted by molar-refractivity contribution is 1.17. The molecule has 0 spiro atoms. The van der Waals surface area contributed by atoms with Crippen LogP contribution in [-0.2, 0) is 0 Å². The molecule has 0 bridgehead atoms.